The normalized spacial score (nSPS) is 12.5. The van der Waals surface area contributed by atoms with Gasteiger partial charge in [0.05, 0.1) is 35.3 Å². The number of methoxy groups -OCH3 is 1. The third-order valence-electron chi connectivity index (χ3n) is 5.25. The first-order valence-corrected chi connectivity index (χ1v) is 9.92. The van der Waals surface area contributed by atoms with Crippen LogP contribution in [-0.2, 0) is 17.9 Å². The number of ether oxygens (including phenoxy) is 2. The van der Waals surface area contributed by atoms with Crippen LogP contribution in [-0.4, -0.2) is 34.7 Å². The fourth-order valence-corrected chi connectivity index (χ4v) is 3.61. The first kappa shape index (κ1) is 21.7. The highest BCUT2D eigenvalue weighted by Gasteiger charge is 2.35. The van der Waals surface area contributed by atoms with E-state index in [2.05, 4.69) is 0 Å². The Morgan fingerprint density at radius 2 is 1.61 bits per heavy atom. The summed E-state index contributed by atoms with van der Waals surface area (Å²) < 4.78 is 10.5. The molecule has 166 valence electrons. The minimum atomic E-state index is -0.755. The molecule has 0 saturated heterocycles. The number of nitrogens with zero attached hydrogens (tertiary/aromatic N) is 2. The highest BCUT2D eigenvalue weighted by molar-refractivity contribution is 6.21. The van der Waals surface area contributed by atoms with E-state index in [0.717, 1.165) is 4.90 Å². The van der Waals surface area contributed by atoms with E-state index in [4.69, 9.17) is 9.47 Å². The molecular weight excluding hydrogens is 428 g/mol. The number of nitro groups is 1. The molecule has 33 heavy (non-hydrogen) atoms. The number of fused-ring (bicyclic) bond motifs is 1. The Morgan fingerprint density at radius 3 is 2.24 bits per heavy atom. The smallest absolute Gasteiger partial charge is 0.342 e. The summed E-state index contributed by atoms with van der Waals surface area (Å²) in [6, 6.07) is 17.2. The molecule has 1 heterocycles. The maximum atomic E-state index is 12.8. The first-order chi connectivity index (χ1) is 15.9. The standard InChI is InChI=1S/C24H18N2O7/c1-32-21-11-10-15(13-25-22(27)17-7-3-4-8-18(17)23(25)28)12-19(21)24(29)33-14-16-6-2-5-9-20(16)26(30)31/h2-12H,13-14H2,1H3. The fraction of sp³-hybridized carbons (Fsp3) is 0.125. The summed E-state index contributed by atoms with van der Waals surface area (Å²) in [4.78, 5) is 49.7. The van der Waals surface area contributed by atoms with Crippen molar-refractivity contribution in [3.8, 4) is 5.75 Å². The molecule has 4 rings (SSSR count). The molecule has 0 fully saturated rings. The van der Waals surface area contributed by atoms with Gasteiger partial charge < -0.3 is 9.47 Å². The Labute approximate surface area is 188 Å². The van der Waals surface area contributed by atoms with E-state index in [-0.39, 0.29) is 35.7 Å². The lowest BCUT2D eigenvalue weighted by molar-refractivity contribution is -0.385. The number of esters is 1. The lowest BCUT2D eigenvalue weighted by atomic mass is 10.1. The van der Waals surface area contributed by atoms with Crippen LogP contribution in [0.15, 0.2) is 66.7 Å². The molecule has 0 radical (unpaired) electrons. The molecule has 0 saturated carbocycles. The summed E-state index contributed by atoms with van der Waals surface area (Å²) in [5.41, 5.74) is 1.35. The van der Waals surface area contributed by atoms with Crippen molar-refractivity contribution >= 4 is 23.5 Å². The third-order valence-corrected chi connectivity index (χ3v) is 5.25. The summed E-state index contributed by atoms with van der Waals surface area (Å²) in [7, 11) is 1.39. The minimum Gasteiger partial charge on any atom is -0.496 e. The lowest BCUT2D eigenvalue weighted by Gasteiger charge is -2.16. The summed E-state index contributed by atoms with van der Waals surface area (Å²) in [5, 5.41) is 11.2. The zero-order valence-electron chi connectivity index (χ0n) is 17.5. The van der Waals surface area contributed by atoms with Crippen LogP contribution in [0.5, 0.6) is 5.75 Å². The zero-order chi connectivity index (χ0) is 23.5. The monoisotopic (exact) mass is 446 g/mol. The highest BCUT2D eigenvalue weighted by Crippen LogP contribution is 2.27. The average molecular weight is 446 g/mol. The Balaban J connectivity index is 1.54. The second-order valence-corrected chi connectivity index (χ2v) is 7.24. The average Bonchev–Trinajstić information content (AvgIpc) is 3.07. The number of rotatable bonds is 7. The molecule has 0 aromatic heterocycles. The zero-order valence-corrected chi connectivity index (χ0v) is 17.5. The van der Waals surface area contributed by atoms with Gasteiger partial charge in [-0.3, -0.25) is 24.6 Å². The highest BCUT2D eigenvalue weighted by atomic mass is 16.6. The number of amides is 2. The molecule has 9 heteroatoms. The molecule has 0 aliphatic carbocycles. The molecule has 0 atom stereocenters. The largest absolute Gasteiger partial charge is 0.496 e. The van der Waals surface area contributed by atoms with E-state index in [1.54, 1.807) is 36.4 Å². The van der Waals surface area contributed by atoms with Crippen LogP contribution in [0.1, 0.15) is 42.2 Å². The van der Waals surface area contributed by atoms with Gasteiger partial charge in [-0.15, -0.1) is 0 Å². The Bertz CT molecular complexity index is 1250. The van der Waals surface area contributed by atoms with Crippen LogP contribution in [0.2, 0.25) is 0 Å². The van der Waals surface area contributed by atoms with Gasteiger partial charge in [-0.25, -0.2) is 4.79 Å². The number of imide groups is 1. The van der Waals surface area contributed by atoms with Crippen molar-refractivity contribution in [3.63, 3.8) is 0 Å². The molecule has 3 aromatic rings. The van der Waals surface area contributed by atoms with Gasteiger partial charge in [0.25, 0.3) is 17.5 Å². The van der Waals surface area contributed by atoms with Crippen LogP contribution in [0.4, 0.5) is 5.69 Å². The first-order valence-electron chi connectivity index (χ1n) is 9.92. The topological polar surface area (TPSA) is 116 Å². The predicted octanol–water partition coefficient (Wildman–Crippen LogP) is 3.76. The van der Waals surface area contributed by atoms with Crippen LogP contribution >= 0.6 is 0 Å². The van der Waals surface area contributed by atoms with Crippen molar-refractivity contribution in [2.75, 3.05) is 7.11 Å². The maximum absolute atomic E-state index is 12.8. The van der Waals surface area contributed by atoms with E-state index in [1.165, 1.54) is 37.4 Å². The third kappa shape index (κ3) is 4.16. The van der Waals surface area contributed by atoms with Crippen molar-refractivity contribution in [1.29, 1.82) is 0 Å². The second-order valence-electron chi connectivity index (χ2n) is 7.24. The molecule has 0 bridgehead atoms. The Morgan fingerprint density at radius 1 is 0.970 bits per heavy atom. The molecule has 9 nitrogen and oxygen atoms in total. The summed E-state index contributed by atoms with van der Waals surface area (Å²) >= 11 is 0. The fourth-order valence-electron chi connectivity index (χ4n) is 3.61. The molecule has 0 spiro atoms. The minimum absolute atomic E-state index is 0.0409. The van der Waals surface area contributed by atoms with Gasteiger partial charge >= 0.3 is 5.97 Å². The summed E-state index contributed by atoms with van der Waals surface area (Å²) in [6.07, 6.45) is 0. The van der Waals surface area contributed by atoms with E-state index >= 15 is 0 Å². The maximum Gasteiger partial charge on any atom is 0.342 e. The van der Waals surface area contributed by atoms with Gasteiger partial charge in [-0.2, -0.15) is 0 Å². The van der Waals surface area contributed by atoms with Crippen molar-refractivity contribution in [2.24, 2.45) is 0 Å². The molecule has 0 unspecified atom stereocenters. The Hall–Kier alpha value is -4.53. The van der Waals surface area contributed by atoms with Gasteiger partial charge in [-0.1, -0.05) is 30.3 Å². The second kappa shape index (κ2) is 8.91. The van der Waals surface area contributed by atoms with Gasteiger partial charge in [0.1, 0.15) is 17.9 Å². The van der Waals surface area contributed by atoms with E-state index in [9.17, 15) is 24.5 Å². The number of hydrogen-bond donors (Lipinski definition) is 0. The molecule has 2 amide bonds. The Kier molecular flexibility index (Phi) is 5.86. The van der Waals surface area contributed by atoms with Crippen molar-refractivity contribution < 1.29 is 28.8 Å². The van der Waals surface area contributed by atoms with E-state index < -0.39 is 22.7 Å². The molecule has 0 N–H and O–H groups in total. The van der Waals surface area contributed by atoms with Gasteiger partial charge in [0, 0.05) is 6.07 Å². The number of nitro benzene ring substituents is 1. The lowest BCUT2D eigenvalue weighted by Crippen LogP contribution is -2.29. The van der Waals surface area contributed by atoms with Crippen LogP contribution in [0.25, 0.3) is 0 Å². The number of carbonyl (C=O) groups excluding carboxylic acids is 3. The summed E-state index contributed by atoms with van der Waals surface area (Å²) in [6.45, 7) is -0.345. The van der Waals surface area contributed by atoms with Crippen molar-refractivity contribution in [2.45, 2.75) is 13.2 Å². The number of carbonyl (C=O) groups is 3. The van der Waals surface area contributed by atoms with Gasteiger partial charge in [-0.05, 0) is 35.9 Å². The van der Waals surface area contributed by atoms with E-state index in [0.29, 0.717) is 16.7 Å². The SMILES string of the molecule is COc1ccc(CN2C(=O)c3ccccc3C2=O)cc1C(=O)OCc1ccccc1[N+](=O)[O-]. The number of benzene rings is 3. The number of hydrogen-bond acceptors (Lipinski definition) is 7. The van der Waals surface area contributed by atoms with Crippen LogP contribution < -0.4 is 4.74 Å². The van der Waals surface area contributed by atoms with Crippen LogP contribution in [0.3, 0.4) is 0 Å². The van der Waals surface area contributed by atoms with E-state index in [1.807, 2.05) is 0 Å². The summed E-state index contributed by atoms with van der Waals surface area (Å²) in [5.74, 6) is -1.35. The predicted molar refractivity (Wildman–Crippen MR) is 116 cm³/mol. The molecular formula is C24H18N2O7. The van der Waals surface area contributed by atoms with Crippen molar-refractivity contribution in [3.05, 3.63) is 105 Å². The van der Waals surface area contributed by atoms with Gasteiger partial charge in [0.15, 0.2) is 0 Å². The quantitative estimate of drug-likeness (QED) is 0.235. The van der Waals surface area contributed by atoms with Gasteiger partial charge in [0.2, 0.25) is 0 Å². The van der Waals surface area contributed by atoms with Crippen LogP contribution in [0, 0.1) is 10.1 Å². The molecule has 1 aliphatic heterocycles. The molecule has 1 aliphatic rings. The van der Waals surface area contributed by atoms with Crippen molar-refractivity contribution in [1.82, 2.24) is 4.90 Å². The molecule has 3 aromatic carbocycles. The number of para-hydroxylation sites is 1.